The lowest BCUT2D eigenvalue weighted by molar-refractivity contribution is -0.140. The molecule has 3 rings (SSSR count). The molecule has 1 fully saturated rings. The summed E-state index contributed by atoms with van der Waals surface area (Å²) in [4.78, 5) is 15.2. The molecule has 0 atom stereocenters. The van der Waals surface area contributed by atoms with Crippen LogP contribution in [0.2, 0.25) is 10.0 Å². The van der Waals surface area contributed by atoms with E-state index >= 15 is 0 Å². The fourth-order valence-corrected chi connectivity index (χ4v) is 4.12. The number of nitrogens with zero attached hydrogens (tertiary/aromatic N) is 1. The van der Waals surface area contributed by atoms with E-state index < -0.39 is 5.41 Å². The maximum atomic E-state index is 13.5. The molecule has 2 aromatic carbocycles. The van der Waals surface area contributed by atoms with Crippen molar-refractivity contribution in [2.24, 2.45) is 0 Å². The van der Waals surface area contributed by atoms with Crippen LogP contribution in [0.1, 0.15) is 24.0 Å². The molecule has 1 saturated heterocycles. The number of carbonyl (C=O) groups excluding carboxylic acids is 1. The molecule has 6 heteroatoms. The summed E-state index contributed by atoms with van der Waals surface area (Å²) in [5.74, 6) is 0.0826. The van der Waals surface area contributed by atoms with Crippen LogP contribution in [0.4, 0.5) is 0 Å². The van der Waals surface area contributed by atoms with Crippen LogP contribution < -0.4 is 0 Å². The van der Waals surface area contributed by atoms with Crippen molar-refractivity contribution in [1.82, 2.24) is 4.90 Å². The van der Waals surface area contributed by atoms with Gasteiger partial charge in [0.2, 0.25) is 5.91 Å². The van der Waals surface area contributed by atoms with Gasteiger partial charge in [-0.1, -0.05) is 63.4 Å². The Balaban J connectivity index is 1.90. The minimum atomic E-state index is -0.571. The lowest BCUT2D eigenvalue weighted by Gasteiger charge is -2.39. The average Bonchev–Trinajstić information content (AvgIpc) is 2.66. The van der Waals surface area contributed by atoms with E-state index in [0.29, 0.717) is 42.6 Å². The molecule has 0 spiro atoms. The maximum Gasteiger partial charge on any atom is 0.233 e. The average molecular weight is 457 g/mol. The minimum absolute atomic E-state index is 0.0826. The van der Waals surface area contributed by atoms with Crippen molar-refractivity contribution in [3.8, 4) is 0 Å². The minimum Gasteiger partial charge on any atom is -0.381 e. The lowest BCUT2D eigenvalue weighted by atomic mass is 9.73. The third-order valence-electron chi connectivity index (χ3n) is 4.94. The molecule has 0 unspecified atom stereocenters. The number of amides is 1. The second kappa shape index (κ2) is 8.30. The van der Waals surface area contributed by atoms with Crippen LogP contribution in [0.5, 0.6) is 0 Å². The highest BCUT2D eigenvalue weighted by Gasteiger charge is 2.43. The fraction of sp³-hybridized carbons (Fsp3) is 0.350. The van der Waals surface area contributed by atoms with E-state index in [-0.39, 0.29) is 5.91 Å². The molecule has 0 saturated carbocycles. The van der Waals surface area contributed by atoms with Crippen molar-refractivity contribution in [3.05, 3.63) is 68.1 Å². The van der Waals surface area contributed by atoms with E-state index in [4.69, 9.17) is 27.9 Å². The smallest absolute Gasteiger partial charge is 0.233 e. The standard InChI is InChI=1S/C20H20BrCl2NO2/c1-24(13-14-3-2-4-17(22)18(14)23)19(25)20(9-11-26-12-10-20)15-5-7-16(21)8-6-15/h2-8H,9-13H2,1H3. The molecule has 0 aliphatic carbocycles. The van der Waals surface area contributed by atoms with Gasteiger partial charge in [-0.25, -0.2) is 0 Å². The Morgan fingerprint density at radius 2 is 1.81 bits per heavy atom. The summed E-state index contributed by atoms with van der Waals surface area (Å²) in [6.45, 7) is 1.57. The highest BCUT2D eigenvalue weighted by atomic mass is 79.9. The Kier molecular flexibility index (Phi) is 6.29. The van der Waals surface area contributed by atoms with Crippen LogP contribution in [0.25, 0.3) is 0 Å². The number of rotatable bonds is 4. The van der Waals surface area contributed by atoms with Gasteiger partial charge in [0.25, 0.3) is 0 Å². The molecular weight excluding hydrogens is 437 g/mol. The zero-order valence-corrected chi connectivity index (χ0v) is 17.6. The van der Waals surface area contributed by atoms with Gasteiger partial charge in [-0.15, -0.1) is 0 Å². The van der Waals surface area contributed by atoms with E-state index in [0.717, 1.165) is 15.6 Å². The first kappa shape index (κ1) is 19.7. The molecule has 1 amide bonds. The van der Waals surface area contributed by atoms with Gasteiger partial charge in [0.15, 0.2) is 0 Å². The molecule has 2 aromatic rings. The van der Waals surface area contributed by atoms with E-state index in [1.54, 1.807) is 11.0 Å². The van der Waals surface area contributed by atoms with Gasteiger partial charge in [0.05, 0.1) is 15.5 Å². The summed E-state index contributed by atoms with van der Waals surface area (Å²) in [5.41, 5.74) is 1.30. The van der Waals surface area contributed by atoms with Gasteiger partial charge in [-0.05, 0) is 42.2 Å². The molecule has 26 heavy (non-hydrogen) atoms. The van der Waals surface area contributed by atoms with Gasteiger partial charge in [-0.2, -0.15) is 0 Å². The Morgan fingerprint density at radius 3 is 2.46 bits per heavy atom. The molecule has 1 aliphatic heterocycles. The number of hydrogen-bond donors (Lipinski definition) is 0. The van der Waals surface area contributed by atoms with Crippen molar-refractivity contribution < 1.29 is 9.53 Å². The molecule has 138 valence electrons. The molecule has 3 nitrogen and oxygen atoms in total. The van der Waals surface area contributed by atoms with Crippen LogP contribution in [0.15, 0.2) is 46.9 Å². The zero-order valence-electron chi connectivity index (χ0n) is 14.5. The Bertz CT molecular complexity index is 789. The van der Waals surface area contributed by atoms with Crippen LogP contribution in [0, 0.1) is 0 Å². The highest BCUT2D eigenvalue weighted by molar-refractivity contribution is 9.10. The van der Waals surface area contributed by atoms with Gasteiger partial charge in [0, 0.05) is 31.3 Å². The number of hydrogen-bond acceptors (Lipinski definition) is 2. The van der Waals surface area contributed by atoms with Crippen LogP contribution in [-0.4, -0.2) is 31.1 Å². The first-order chi connectivity index (χ1) is 12.4. The number of ether oxygens (including phenoxy) is 1. The summed E-state index contributed by atoms with van der Waals surface area (Å²) in [7, 11) is 1.82. The zero-order chi connectivity index (χ0) is 18.7. The predicted octanol–water partition coefficient (Wildman–Crippen LogP) is 5.46. The first-order valence-corrected chi connectivity index (χ1v) is 10.0. The monoisotopic (exact) mass is 455 g/mol. The van der Waals surface area contributed by atoms with Crippen LogP contribution >= 0.6 is 39.1 Å². The summed E-state index contributed by atoms with van der Waals surface area (Å²) < 4.78 is 6.53. The van der Waals surface area contributed by atoms with Gasteiger partial charge in [0.1, 0.15) is 0 Å². The first-order valence-electron chi connectivity index (χ1n) is 8.46. The van der Waals surface area contributed by atoms with Crippen molar-refractivity contribution >= 4 is 45.0 Å². The molecule has 0 N–H and O–H groups in total. The number of carbonyl (C=O) groups is 1. The SMILES string of the molecule is CN(Cc1cccc(Cl)c1Cl)C(=O)C1(c2ccc(Br)cc2)CCOCC1. The highest BCUT2D eigenvalue weighted by Crippen LogP contribution is 2.38. The van der Waals surface area contributed by atoms with E-state index in [1.165, 1.54) is 0 Å². The van der Waals surface area contributed by atoms with E-state index in [1.807, 2.05) is 43.4 Å². The predicted molar refractivity (Wildman–Crippen MR) is 109 cm³/mol. The van der Waals surface area contributed by atoms with Crippen molar-refractivity contribution in [1.29, 1.82) is 0 Å². The number of halogens is 3. The van der Waals surface area contributed by atoms with Gasteiger partial charge in [-0.3, -0.25) is 4.79 Å². The maximum absolute atomic E-state index is 13.5. The fourth-order valence-electron chi connectivity index (χ4n) is 3.48. The third-order valence-corrected chi connectivity index (χ3v) is 6.33. The van der Waals surface area contributed by atoms with Crippen LogP contribution in [0.3, 0.4) is 0 Å². The Hall–Kier alpha value is -1.07. The van der Waals surface area contributed by atoms with Crippen molar-refractivity contribution in [3.63, 3.8) is 0 Å². The van der Waals surface area contributed by atoms with E-state index in [9.17, 15) is 4.79 Å². The van der Waals surface area contributed by atoms with Crippen molar-refractivity contribution in [2.45, 2.75) is 24.8 Å². The number of benzene rings is 2. The Labute approximate surface area is 172 Å². The molecular formula is C20H20BrCl2NO2. The normalized spacial score (nSPS) is 16.3. The van der Waals surface area contributed by atoms with Gasteiger partial charge >= 0.3 is 0 Å². The summed E-state index contributed by atoms with van der Waals surface area (Å²) >= 11 is 15.9. The number of likely N-dealkylation sites (N-methyl/N-ethyl adjacent to an activating group) is 1. The molecule has 1 heterocycles. The summed E-state index contributed by atoms with van der Waals surface area (Å²) in [6, 6.07) is 13.5. The third kappa shape index (κ3) is 3.94. The van der Waals surface area contributed by atoms with Crippen molar-refractivity contribution in [2.75, 3.05) is 20.3 Å². The second-order valence-corrected chi connectivity index (χ2v) is 8.28. The summed E-state index contributed by atoms with van der Waals surface area (Å²) in [5, 5.41) is 0.997. The molecule has 0 bridgehead atoms. The molecule has 1 aliphatic rings. The second-order valence-electron chi connectivity index (χ2n) is 6.58. The molecule has 0 aromatic heterocycles. The Morgan fingerprint density at radius 1 is 1.15 bits per heavy atom. The van der Waals surface area contributed by atoms with Gasteiger partial charge < -0.3 is 9.64 Å². The molecule has 0 radical (unpaired) electrons. The summed E-state index contributed by atoms with van der Waals surface area (Å²) in [6.07, 6.45) is 1.34. The largest absolute Gasteiger partial charge is 0.381 e. The van der Waals surface area contributed by atoms with E-state index in [2.05, 4.69) is 15.9 Å². The van der Waals surface area contributed by atoms with Crippen LogP contribution in [-0.2, 0) is 21.5 Å². The quantitative estimate of drug-likeness (QED) is 0.610. The topological polar surface area (TPSA) is 29.5 Å². The lowest BCUT2D eigenvalue weighted by Crippen LogP contribution is -2.48.